The third kappa shape index (κ3) is 18.3. The predicted octanol–water partition coefficient (Wildman–Crippen LogP) is 5.39. The van der Waals surface area contributed by atoms with Crippen LogP contribution in [0.1, 0.15) is 108 Å². The molecule has 0 aliphatic rings. The number of aliphatic hydroxyl groups is 3. The van der Waals surface area contributed by atoms with Crippen molar-refractivity contribution in [2.75, 3.05) is 6.61 Å². The predicted molar refractivity (Wildman–Crippen MR) is 162 cm³/mol. The number of Topliss-reactive ketones (excluding diaryl/α,β-unsaturated/α-hetero) is 1. The monoisotopic (exact) mass is 636 g/mol. The number of benzene rings is 1. The number of non-ortho nitro benzene ring substituents is 1. The van der Waals surface area contributed by atoms with Gasteiger partial charge in [0.1, 0.15) is 6.10 Å². The number of carboxylic acids is 1. The van der Waals surface area contributed by atoms with Gasteiger partial charge in [0, 0.05) is 18.6 Å². The van der Waals surface area contributed by atoms with Crippen molar-refractivity contribution in [3.8, 4) is 0 Å². The van der Waals surface area contributed by atoms with Gasteiger partial charge < -0.3 is 25.7 Å². The maximum atomic E-state index is 11.3. The quantitative estimate of drug-likeness (QED) is 0.0365. The van der Waals surface area contributed by atoms with E-state index in [1.54, 1.807) is 0 Å². The van der Waals surface area contributed by atoms with Crippen molar-refractivity contribution in [1.82, 2.24) is 5.32 Å². The van der Waals surface area contributed by atoms with E-state index < -0.39 is 52.3 Å². The molecule has 0 spiro atoms. The van der Waals surface area contributed by atoms with Crippen LogP contribution in [-0.2, 0) is 14.4 Å². The average Bonchev–Trinajstić information content (AvgIpc) is 2.97. The standard InChI is InChI=1S/C18H34O4.C11H12Cl2N2O5/c1-2-3-4-5-6-7-8-9-10-11-12-13-14-15-16(19)17(20)18(21)22;12-10(13)11(18)14-8(5-16)9(17)6-1-3-7(4-2-6)15(19)20/h17,20H,2-15H2,1H3,(H,21,22);1-4,8-10,16-17H,5H2,(H,14,18)/t;8-,9-/m.1/s1. The number of hydrogen-bond acceptors (Lipinski definition) is 8. The van der Waals surface area contributed by atoms with Gasteiger partial charge in [-0.25, -0.2) is 4.79 Å². The molecule has 11 nitrogen and oxygen atoms in total. The van der Waals surface area contributed by atoms with Crippen LogP contribution in [0.3, 0.4) is 0 Å². The lowest BCUT2D eigenvalue weighted by Gasteiger charge is -2.22. The van der Waals surface area contributed by atoms with E-state index in [9.17, 15) is 29.6 Å². The minimum absolute atomic E-state index is 0.132. The Morgan fingerprint density at radius 3 is 1.69 bits per heavy atom. The van der Waals surface area contributed by atoms with Crippen LogP contribution in [0.5, 0.6) is 0 Å². The number of nitrogens with one attached hydrogen (secondary N) is 1. The van der Waals surface area contributed by atoms with Crippen molar-refractivity contribution in [2.45, 2.75) is 120 Å². The van der Waals surface area contributed by atoms with E-state index in [4.69, 9.17) is 38.5 Å². The van der Waals surface area contributed by atoms with Gasteiger partial charge in [0.25, 0.3) is 11.6 Å². The largest absolute Gasteiger partial charge is 0.479 e. The molecule has 0 bridgehead atoms. The molecule has 3 atom stereocenters. The van der Waals surface area contributed by atoms with E-state index in [1.165, 1.54) is 88.5 Å². The summed E-state index contributed by atoms with van der Waals surface area (Å²) in [5.41, 5.74) is 0.169. The normalized spacial score (nSPS) is 13.0. The van der Waals surface area contributed by atoms with Crippen molar-refractivity contribution in [1.29, 1.82) is 0 Å². The Hall–Kier alpha value is -2.31. The first-order valence-electron chi connectivity index (χ1n) is 14.5. The van der Waals surface area contributed by atoms with Crippen LogP contribution in [0.15, 0.2) is 24.3 Å². The number of halogens is 2. The SMILES string of the molecule is CCCCCCCCCCCCCCCC(=O)C(O)C(=O)O.O=C(N[C@H](CO)[C@H](O)c1ccc([N+](=O)[O-])cc1)C(Cl)Cl. The molecule has 0 aromatic heterocycles. The molecule has 240 valence electrons. The molecule has 1 aromatic carbocycles. The fourth-order valence-corrected chi connectivity index (χ4v) is 4.21. The van der Waals surface area contributed by atoms with Crippen molar-refractivity contribution in [3.63, 3.8) is 0 Å². The molecule has 0 saturated heterocycles. The number of nitro groups is 1. The molecule has 0 fully saturated rings. The fourth-order valence-electron chi connectivity index (χ4n) is 4.09. The number of alkyl halides is 2. The number of unbranched alkanes of at least 4 members (excludes halogenated alkanes) is 12. The van der Waals surface area contributed by atoms with Gasteiger partial charge in [-0.05, 0) is 24.1 Å². The van der Waals surface area contributed by atoms with Crippen LogP contribution < -0.4 is 5.32 Å². The second-order valence-electron chi connectivity index (χ2n) is 10.1. The number of rotatable bonds is 22. The zero-order valence-electron chi connectivity index (χ0n) is 24.3. The molecule has 1 rings (SSSR count). The van der Waals surface area contributed by atoms with Gasteiger partial charge in [0.05, 0.1) is 17.6 Å². The molecule has 1 amide bonds. The lowest BCUT2D eigenvalue weighted by atomic mass is 10.0. The second kappa shape index (κ2) is 24.2. The molecule has 0 saturated carbocycles. The third-order valence-corrected chi connectivity index (χ3v) is 7.01. The zero-order valence-corrected chi connectivity index (χ0v) is 25.8. The van der Waals surface area contributed by atoms with Crippen molar-refractivity contribution < 1.29 is 39.7 Å². The summed E-state index contributed by atoms with van der Waals surface area (Å²) in [5.74, 6) is -2.77. The average molecular weight is 638 g/mol. The third-order valence-electron chi connectivity index (χ3n) is 6.61. The molecule has 1 unspecified atom stereocenters. The summed E-state index contributed by atoms with van der Waals surface area (Å²) in [6.07, 6.45) is 13.0. The number of carboxylic acid groups (broad SMARTS) is 1. The number of amides is 1. The highest BCUT2D eigenvalue weighted by Crippen LogP contribution is 2.21. The Balaban J connectivity index is 0.000000803. The van der Waals surface area contributed by atoms with Gasteiger partial charge in [-0.1, -0.05) is 107 Å². The van der Waals surface area contributed by atoms with Crippen LogP contribution in [-0.4, -0.2) is 66.6 Å². The molecule has 13 heteroatoms. The maximum absolute atomic E-state index is 11.3. The number of carbonyl (C=O) groups excluding carboxylic acids is 2. The Morgan fingerprint density at radius 2 is 1.31 bits per heavy atom. The smallest absolute Gasteiger partial charge is 0.340 e. The number of nitrogens with zero attached hydrogens (tertiary/aromatic N) is 1. The minimum Gasteiger partial charge on any atom is -0.479 e. The maximum Gasteiger partial charge on any atom is 0.340 e. The van der Waals surface area contributed by atoms with E-state index in [-0.39, 0.29) is 12.1 Å². The molecule has 0 heterocycles. The number of hydrogen-bond donors (Lipinski definition) is 5. The summed E-state index contributed by atoms with van der Waals surface area (Å²) in [4.78, 5) is 41.6. The van der Waals surface area contributed by atoms with Crippen LogP contribution in [0.4, 0.5) is 5.69 Å². The summed E-state index contributed by atoms with van der Waals surface area (Å²) in [7, 11) is 0. The highest BCUT2D eigenvalue weighted by molar-refractivity contribution is 6.53. The Kier molecular flexibility index (Phi) is 22.8. The number of aliphatic carboxylic acids is 1. The number of aliphatic hydroxyl groups excluding tert-OH is 3. The number of ketones is 1. The highest BCUT2D eigenvalue weighted by atomic mass is 35.5. The topological polar surface area (TPSA) is 187 Å². The fraction of sp³-hybridized carbons (Fsp3) is 0.690. The first-order chi connectivity index (χ1) is 20.0. The van der Waals surface area contributed by atoms with E-state index in [0.717, 1.165) is 12.8 Å². The summed E-state index contributed by atoms with van der Waals surface area (Å²) in [6.45, 7) is 1.69. The van der Waals surface area contributed by atoms with Crippen molar-refractivity contribution in [3.05, 3.63) is 39.9 Å². The first-order valence-corrected chi connectivity index (χ1v) is 15.4. The molecule has 42 heavy (non-hydrogen) atoms. The second-order valence-corrected chi connectivity index (χ2v) is 11.2. The lowest BCUT2D eigenvalue weighted by Crippen LogP contribution is -2.44. The number of carbonyl (C=O) groups is 3. The van der Waals surface area contributed by atoms with Crippen molar-refractivity contribution in [2.24, 2.45) is 0 Å². The van der Waals surface area contributed by atoms with Gasteiger partial charge in [-0.3, -0.25) is 19.7 Å². The van der Waals surface area contributed by atoms with Gasteiger partial charge >= 0.3 is 5.97 Å². The van der Waals surface area contributed by atoms with E-state index in [0.29, 0.717) is 12.0 Å². The van der Waals surface area contributed by atoms with Crippen LogP contribution in [0.2, 0.25) is 0 Å². The van der Waals surface area contributed by atoms with E-state index in [2.05, 4.69) is 12.2 Å². The summed E-state index contributed by atoms with van der Waals surface area (Å²) in [5, 5.41) is 49.5. The summed E-state index contributed by atoms with van der Waals surface area (Å²) < 4.78 is 0. The Labute approximate surface area is 257 Å². The zero-order chi connectivity index (χ0) is 31.9. The van der Waals surface area contributed by atoms with Crippen LogP contribution >= 0.6 is 23.2 Å². The number of nitro benzene ring substituents is 1. The molecular weight excluding hydrogens is 591 g/mol. The van der Waals surface area contributed by atoms with Gasteiger partial charge in [0.2, 0.25) is 6.10 Å². The summed E-state index contributed by atoms with van der Waals surface area (Å²) >= 11 is 10.7. The minimum atomic E-state index is -1.84. The molecule has 5 N–H and O–H groups in total. The van der Waals surface area contributed by atoms with E-state index in [1.807, 2.05) is 0 Å². The molecular formula is C29H46Cl2N2O9. The van der Waals surface area contributed by atoms with Gasteiger partial charge in [-0.15, -0.1) is 0 Å². The lowest BCUT2D eigenvalue weighted by molar-refractivity contribution is -0.384. The van der Waals surface area contributed by atoms with E-state index >= 15 is 0 Å². The van der Waals surface area contributed by atoms with Crippen molar-refractivity contribution >= 4 is 46.5 Å². The summed E-state index contributed by atoms with van der Waals surface area (Å²) in [6, 6.07) is 4.05. The molecule has 0 radical (unpaired) electrons. The molecule has 1 aromatic rings. The van der Waals surface area contributed by atoms with Gasteiger partial charge in [0.15, 0.2) is 10.6 Å². The highest BCUT2D eigenvalue weighted by Gasteiger charge is 2.25. The molecule has 0 aliphatic carbocycles. The molecule has 0 aliphatic heterocycles. The Bertz CT molecular complexity index is 917. The first kappa shape index (κ1) is 39.7. The Morgan fingerprint density at radius 1 is 0.857 bits per heavy atom. The van der Waals surface area contributed by atoms with Crippen LogP contribution in [0.25, 0.3) is 0 Å². The van der Waals surface area contributed by atoms with Gasteiger partial charge in [-0.2, -0.15) is 0 Å². The van der Waals surface area contributed by atoms with Crippen LogP contribution in [0, 0.1) is 10.1 Å².